The van der Waals surface area contributed by atoms with Crippen LogP contribution >= 0.6 is 11.6 Å². The predicted octanol–water partition coefficient (Wildman–Crippen LogP) is 4.05. The van der Waals surface area contributed by atoms with Crippen LogP contribution in [0.15, 0.2) is 53.6 Å². The molecule has 29 heavy (non-hydrogen) atoms. The summed E-state index contributed by atoms with van der Waals surface area (Å²) in [6, 6.07) is 8.06. The number of nitrogens with zero attached hydrogens (tertiary/aromatic N) is 3. The molecule has 0 atom stereocenters. The van der Waals surface area contributed by atoms with Crippen LogP contribution in [-0.2, 0) is 11.0 Å². The first-order valence-corrected chi connectivity index (χ1v) is 8.40. The number of amides is 1. The normalized spacial score (nSPS) is 11.2. The van der Waals surface area contributed by atoms with Gasteiger partial charge in [-0.3, -0.25) is 9.59 Å². The maximum atomic E-state index is 12.6. The lowest BCUT2D eigenvalue weighted by Crippen LogP contribution is -2.23. The first-order valence-electron chi connectivity index (χ1n) is 8.02. The number of aromatic nitrogens is 3. The van der Waals surface area contributed by atoms with Crippen LogP contribution in [0, 0.1) is 0 Å². The van der Waals surface area contributed by atoms with Gasteiger partial charge in [-0.25, -0.2) is 4.98 Å². The SMILES string of the molecule is CC(=O)Nc1ccc(Oc2cnn(-c3ccc(C(F)(F)F)cn3)c(=O)c2Cl)cc1. The van der Waals surface area contributed by atoms with Crippen molar-refractivity contribution < 1.29 is 22.7 Å². The van der Waals surface area contributed by atoms with Crippen molar-refractivity contribution in [2.75, 3.05) is 5.32 Å². The summed E-state index contributed by atoms with van der Waals surface area (Å²) in [7, 11) is 0. The molecule has 150 valence electrons. The fourth-order valence-corrected chi connectivity index (χ4v) is 2.43. The Labute approximate surface area is 166 Å². The van der Waals surface area contributed by atoms with Crippen molar-refractivity contribution in [1.82, 2.24) is 14.8 Å². The molecule has 1 amide bonds. The monoisotopic (exact) mass is 424 g/mol. The summed E-state index contributed by atoms with van der Waals surface area (Å²) in [5.41, 5.74) is -1.22. The Bertz CT molecular complexity index is 1100. The van der Waals surface area contributed by atoms with Gasteiger partial charge in [0.15, 0.2) is 16.6 Å². The molecule has 0 saturated heterocycles. The van der Waals surface area contributed by atoms with Gasteiger partial charge in [0.1, 0.15) is 5.75 Å². The molecule has 3 aromatic rings. The Morgan fingerprint density at radius 2 is 1.83 bits per heavy atom. The van der Waals surface area contributed by atoms with Gasteiger partial charge >= 0.3 is 6.18 Å². The Balaban J connectivity index is 1.84. The molecule has 2 aromatic heterocycles. The minimum absolute atomic E-state index is 0.0490. The second kappa shape index (κ2) is 7.92. The van der Waals surface area contributed by atoms with Crippen LogP contribution in [0.2, 0.25) is 5.02 Å². The lowest BCUT2D eigenvalue weighted by Gasteiger charge is -2.11. The molecule has 1 aromatic carbocycles. The van der Waals surface area contributed by atoms with E-state index in [1.54, 1.807) is 24.3 Å². The molecule has 7 nitrogen and oxygen atoms in total. The molecule has 11 heteroatoms. The number of hydrogen-bond donors (Lipinski definition) is 1. The molecule has 3 rings (SSSR count). The summed E-state index contributed by atoms with van der Waals surface area (Å²) in [5.74, 6) is -0.0813. The minimum atomic E-state index is -4.55. The predicted molar refractivity (Wildman–Crippen MR) is 98.5 cm³/mol. The van der Waals surface area contributed by atoms with E-state index in [0.29, 0.717) is 17.6 Å². The number of anilines is 1. The van der Waals surface area contributed by atoms with E-state index in [2.05, 4.69) is 15.4 Å². The molecular formula is C18H12ClF3N4O3. The number of hydrogen-bond acceptors (Lipinski definition) is 5. The van der Waals surface area contributed by atoms with Crippen molar-refractivity contribution in [2.45, 2.75) is 13.1 Å². The second-order valence-electron chi connectivity index (χ2n) is 5.75. The van der Waals surface area contributed by atoms with Crippen LogP contribution in [0.25, 0.3) is 5.82 Å². The van der Waals surface area contributed by atoms with E-state index in [-0.39, 0.29) is 22.5 Å². The van der Waals surface area contributed by atoms with Crippen molar-refractivity contribution in [3.63, 3.8) is 0 Å². The van der Waals surface area contributed by atoms with E-state index in [1.807, 2.05) is 0 Å². The largest absolute Gasteiger partial charge is 0.454 e. The number of benzene rings is 1. The molecule has 0 aliphatic rings. The number of pyridine rings is 1. The smallest absolute Gasteiger partial charge is 0.417 e. The fraction of sp³-hybridized carbons (Fsp3) is 0.111. The van der Waals surface area contributed by atoms with Crippen molar-refractivity contribution >= 4 is 23.2 Å². The number of carbonyl (C=O) groups excluding carboxylic acids is 1. The van der Waals surface area contributed by atoms with Gasteiger partial charge in [-0.2, -0.15) is 23.0 Å². The highest BCUT2D eigenvalue weighted by molar-refractivity contribution is 6.31. The quantitative estimate of drug-likeness (QED) is 0.683. The molecule has 0 aliphatic heterocycles. The molecule has 0 fully saturated rings. The zero-order valence-electron chi connectivity index (χ0n) is 14.7. The summed E-state index contributed by atoms with van der Waals surface area (Å²) in [6.07, 6.45) is -2.81. The number of halogens is 4. The number of nitrogens with one attached hydrogen (secondary N) is 1. The van der Waals surface area contributed by atoms with Gasteiger partial charge in [0.2, 0.25) is 5.91 Å². The van der Waals surface area contributed by atoms with Crippen LogP contribution < -0.4 is 15.6 Å². The molecule has 0 spiro atoms. The zero-order valence-corrected chi connectivity index (χ0v) is 15.5. The van der Waals surface area contributed by atoms with Crippen LogP contribution in [-0.4, -0.2) is 20.7 Å². The lowest BCUT2D eigenvalue weighted by molar-refractivity contribution is -0.137. The maximum Gasteiger partial charge on any atom is 0.417 e. The van der Waals surface area contributed by atoms with Crippen molar-refractivity contribution in [3.8, 4) is 17.3 Å². The second-order valence-corrected chi connectivity index (χ2v) is 6.13. The van der Waals surface area contributed by atoms with Gasteiger partial charge < -0.3 is 10.1 Å². The van der Waals surface area contributed by atoms with Crippen LogP contribution in [0.5, 0.6) is 11.5 Å². The highest BCUT2D eigenvalue weighted by Crippen LogP contribution is 2.29. The Morgan fingerprint density at radius 3 is 2.38 bits per heavy atom. The van der Waals surface area contributed by atoms with E-state index in [9.17, 15) is 22.8 Å². The first kappa shape index (κ1) is 20.3. The average Bonchev–Trinajstić information content (AvgIpc) is 2.66. The summed E-state index contributed by atoms with van der Waals surface area (Å²) < 4.78 is 44.2. The van der Waals surface area contributed by atoms with Gasteiger partial charge in [0.25, 0.3) is 5.56 Å². The maximum absolute atomic E-state index is 12.6. The minimum Gasteiger partial charge on any atom is -0.454 e. The number of rotatable bonds is 4. The van der Waals surface area contributed by atoms with Gasteiger partial charge in [-0.15, -0.1) is 0 Å². The molecule has 1 N–H and O–H groups in total. The molecular weight excluding hydrogens is 413 g/mol. The Morgan fingerprint density at radius 1 is 1.14 bits per heavy atom. The number of carbonyl (C=O) groups is 1. The number of alkyl halides is 3. The summed E-state index contributed by atoms with van der Waals surface area (Å²) >= 11 is 6.04. The van der Waals surface area contributed by atoms with Gasteiger partial charge in [0.05, 0.1) is 11.8 Å². The van der Waals surface area contributed by atoms with Crippen molar-refractivity contribution in [3.05, 3.63) is 69.7 Å². The van der Waals surface area contributed by atoms with Gasteiger partial charge in [-0.05, 0) is 36.4 Å². The van der Waals surface area contributed by atoms with Crippen LogP contribution in [0.4, 0.5) is 18.9 Å². The van der Waals surface area contributed by atoms with Crippen molar-refractivity contribution in [1.29, 1.82) is 0 Å². The average molecular weight is 425 g/mol. The van der Waals surface area contributed by atoms with Crippen LogP contribution in [0.3, 0.4) is 0 Å². The highest BCUT2D eigenvalue weighted by atomic mass is 35.5. The third-order valence-corrected chi connectivity index (χ3v) is 3.93. The van der Waals surface area contributed by atoms with E-state index >= 15 is 0 Å². The van der Waals surface area contributed by atoms with E-state index in [0.717, 1.165) is 23.0 Å². The Kier molecular flexibility index (Phi) is 5.55. The first-order chi connectivity index (χ1) is 13.6. The topological polar surface area (TPSA) is 86.1 Å². The molecule has 0 saturated carbocycles. The third kappa shape index (κ3) is 4.72. The molecule has 2 heterocycles. The molecule has 0 bridgehead atoms. The van der Waals surface area contributed by atoms with E-state index < -0.39 is 17.3 Å². The number of ether oxygens (including phenoxy) is 1. The third-order valence-electron chi connectivity index (χ3n) is 3.58. The van der Waals surface area contributed by atoms with E-state index in [1.165, 1.54) is 6.92 Å². The lowest BCUT2D eigenvalue weighted by atomic mass is 10.3. The highest BCUT2D eigenvalue weighted by Gasteiger charge is 2.30. The zero-order chi connectivity index (χ0) is 21.2. The molecule has 0 radical (unpaired) electrons. The molecule has 0 aliphatic carbocycles. The van der Waals surface area contributed by atoms with Gasteiger partial charge in [0, 0.05) is 18.8 Å². The van der Waals surface area contributed by atoms with Crippen molar-refractivity contribution in [2.24, 2.45) is 0 Å². The fourth-order valence-electron chi connectivity index (χ4n) is 2.27. The van der Waals surface area contributed by atoms with Gasteiger partial charge in [-0.1, -0.05) is 11.6 Å². The Hall–Kier alpha value is -3.40. The summed E-state index contributed by atoms with van der Waals surface area (Å²) in [6.45, 7) is 1.37. The van der Waals surface area contributed by atoms with Crippen LogP contribution in [0.1, 0.15) is 12.5 Å². The van der Waals surface area contributed by atoms with E-state index in [4.69, 9.17) is 16.3 Å². The summed E-state index contributed by atoms with van der Waals surface area (Å²) in [4.78, 5) is 27.0. The molecule has 0 unspecified atom stereocenters. The standard InChI is InChI=1S/C18H12ClF3N4O3/c1-10(27)25-12-3-5-13(6-4-12)29-14-9-24-26(17(28)16(14)19)15-7-2-11(8-23-15)18(20,21)22/h2-9H,1H3,(H,25,27). The summed E-state index contributed by atoms with van der Waals surface area (Å²) in [5, 5.41) is 6.11.